The second-order valence-electron chi connectivity index (χ2n) is 7.53. The number of hydrogen-bond acceptors (Lipinski definition) is 5. The summed E-state index contributed by atoms with van der Waals surface area (Å²) in [5, 5.41) is 8.12. The minimum absolute atomic E-state index is 0.0713. The van der Waals surface area contributed by atoms with Crippen LogP contribution >= 0.6 is 0 Å². The summed E-state index contributed by atoms with van der Waals surface area (Å²) in [4.78, 5) is 27.0. The fraction of sp³-hybridized carbons (Fsp3) is 0.600. The van der Waals surface area contributed by atoms with Crippen LogP contribution in [-0.4, -0.2) is 51.0 Å². The van der Waals surface area contributed by atoms with Gasteiger partial charge in [-0.15, -0.1) is 5.10 Å². The molecule has 2 heterocycles. The second kappa shape index (κ2) is 7.66. The third-order valence-electron chi connectivity index (χ3n) is 5.94. The average Bonchev–Trinajstić information content (AvgIpc) is 3.13. The standard InChI is InChI=1S/C20H26N4O3/c1-2-24-18-10-9-15(12-16(18)21-22-24)20(26)27-13-19(25)23-11-5-7-14-6-3-4-8-17(14)23/h9-10,12,14,17H,2-8,11,13H2,1H3/t14-,17+/m1/s1. The Morgan fingerprint density at radius 1 is 1.19 bits per heavy atom. The molecule has 1 aliphatic heterocycles. The van der Waals surface area contributed by atoms with Gasteiger partial charge in [-0.2, -0.15) is 0 Å². The molecule has 1 aromatic heterocycles. The first-order valence-electron chi connectivity index (χ1n) is 9.97. The van der Waals surface area contributed by atoms with Gasteiger partial charge in [-0.05, 0) is 56.7 Å². The van der Waals surface area contributed by atoms with Crippen LogP contribution in [0.15, 0.2) is 18.2 Å². The number of nitrogens with zero attached hydrogens (tertiary/aromatic N) is 4. The first-order chi connectivity index (χ1) is 13.2. The molecule has 1 saturated carbocycles. The number of esters is 1. The number of benzene rings is 1. The quantitative estimate of drug-likeness (QED) is 0.774. The Bertz CT molecular complexity index is 845. The van der Waals surface area contributed by atoms with Crippen molar-refractivity contribution in [1.82, 2.24) is 19.9 Å². The van der Waals surface area contributed by atoms with Crippen LogP contribution in [0, 0.1) is 5.92 Å². The lowest BCUT2D eigenvalue weighted by Gasteiger charge is -2.44. The van der Waals surface area contributed by atoms with Gasteiger partial charge in [0.25, 0.3) is 5.91 Å². The number of aromatic nitrogens is 3. The highest BCUT2D eigenvalue weighted by Crippen LogP contribution is 2.35. The van der Waals surface area contributed by atoms with E-state index in [4.69, 9.17) is 4.74 Å². The maximum absolute atomic E-state index is 12.7. The Hall–Kier alpha value is -2.44. The minimum atomic E-state index is -0.492. The number of carbonyl (C=O) groups is 2. The molecule has 0 bridgehead atoms. The zero-order valence-corrected chi connectivity index (χ0v) is 15.8. The topological polar surface area (TPSA) is 77.3 Å². The summed E-state index contributed by atoms with van der Waals surface area (Å²) in [5.74, 6) is 0.0576. The molecule has 1 saturated heterocycles. The average molecular weight is 370 g/mol. The molecule has 27 heavy (non-hydrogen) atoms. The van der Waals surface area contributed by atoms with E-state index in [-0.39, 0.29) is 12.5 Å². The Labute approximate surface area is 158 Å². The van der Waals surface area contributed by atoms with E-state index < -0.39 is 5.97 Å². The molecule has 2 aliphatic rings. The summed E-state index contributed by atoms with van der Waals surface area (Å²) in [7, 11) is 0. The second-order valence-corrected chi connectivity index (χ2v) is 7.53. The molecular formula is C20H26N4O3. The summed E-state index contributed by atoms with van der Waals surface area (Å²) >= 11 is 0. The van der Waals surface area contributed by atoms with Crippen molar-refractivity contribution < 1.29 is 14.3 Å². The minimum Gasteiger partial charge on any atom is -0.452 e. The Morgan fingerprint density at radius 3 is 2.85 bits per heavy atom. The van der Waals surface area contributed by atoms with Crippen molar-refractivity contribution >= 4 is 22.9 Å². The van der Waals surface area contributed by atoms with Crippen molar-refractivity contribution in [3.63, 3.8) is 0 Å². The van der Waals surface area contributed by atoms with Crippen LogP contribution in [0.1, 0.15) is 55.8 Å². The van der Waals surface area contributed by atoms with E-state index in [1.54, 1.807) is 16.8 Å². The van der Waals surface area contributed by atoms with Gasteiger partial charge < -0.3 is 9.64 Å². The van der Waals surface area contributed by atoms with Gasteiger partial charge in [0.15, 0.2) is 6.61 Å². The van der Waals surface area contributed by atoms with Crippen LogP contribution in [0.25, 0.3) is 11.0 Å². The largest absolute Gasteiger partial charge is 0.452 e. The molecule has 0 spiro atoms. The zero-order chi connectivity index (χ0) is 18.8. The van der Waals surface area contributed by atoms with E-state index >= 15 is 0 Å². The molecule has 7 heteroatoms. The third-order valence-corrected chi connectivity index (χ3v) is 5.94. The highest BCUT2D eigenvalue weighted by molar-refractivity contribution is 5.94. The molecule has 7 nitrogen and oxygen atoms in total. The van der Waals surface area contributed by atoms with Crippen LogP contribution in [-0.2, 0) is 16.1 Å². The van der Waals surface area contributed by atoms with Crippen molar-refractivity contribution in [1.29, 1.82) is 0 Å². The van der Waals surface area contributed by atoms with Crippen molar-refractivity contribution in [2.75, 3.05) is 13.2 Å². The normalized spacial score (nSPS) is 22.5. The lowest BCUT2D eigenvalue weighted by molar-refractivity contribution is -0.140. The van der Waals surface area contributed by atoms with Gasteiger partial charge in [0.1, 0.15) is 5.52 Å². The number of rotatable bonds is 4. The number of likely N-dealkylation sites (tertiary alicyclic amines) is 1. The highest BCUT2D eigenvalue weighted by Gasteiger charge is 2.35. The maximum atomic E-state index is 12.7. The molecule has 0 radical (unpaired) electrons. The molecule has 2 fully saturated rings. The Morgan fingerprint density at radius 2 is 2.00 bits per heavy atom. The number of amides is 1. The van der Waals surface area contributed by atoms with Crippen LogP contribution < -0.4 is 0 Å². The fourth-order valence-electron chi connectivity index (χ4n) is 4.56. The number of ether oxygens (including phenoxy) is 1. The molecule has 1 aromatic carbocycles. The lowest BCUT2D eigenvalue weighted by Crippen LogP contribution is -2.50. The van der Waals surface area contributed by atoms with Gasteiger partial charge >= 0.3 is 5.97 Å². The van der Waals surface area contributed by atoms with Gasteiger partial charge in [0.05, 0.1) is 11.1 Å². The number of hydrogen-bond donors (Lipinski definition) is 0. The predicted molar refractivity (Wildman–Crippen MR) is 100 cm³/mol. The summed E-state index contributed by atoms with van der Waals surface area (Å²) in [6.45, 7) is 3.29. The summed E-state index contributed by atoms with van der Waals surface area (Å²) in [6.07, 6.45) is 7.00. The van der Waals surface area contributed by atoms with E-state index in [9.17, 15) is 9.59 Å². The van der Waals surface area contributed by atoms with Crippen molar-refractivity contribution in [2.45, 2.75) is 58.0 Å². The van der Waals surface area contributed by atoms with E-state index in [2.05, 4.69) is 10.3 Å². The molecular weight excluding hydrogens is 344 g/mol. The Kier molecular flexibility index (Phi) is 5.09. The van der Waals surface area contributed by atoms with Gasteiger partial charge in [0.2, 0.25) is 0 Å². The van der Waals surface area contributed by atoms with Crippen LogP contribution in [0.4, 0.5) is 0 Å². The van der Waals surface area contributed by atoms with Crippen molar-refractivity contribution in [3.8, 4) is 0 Å². The summed E-state index contributed by atoms with van der Waals surface area (Å²) in [6, 6.07) is 5.51. The molecule has 0 unspecified atom stereocenters. The highest BCUT2D eigenvalue weighted by atomic mass is 16.5. The third kappa shape index (κ3) is 3.55. The van der Waals surface area contributed by atoms with E-state index in [0.29, 0.717) is 29.6 Å². The number of fused-ring (bicyclic) bond motifs is 2. The molecule has 0 N–H and O–H groups in total. The zero-order valence-electron chi connectivity index (χ0n) is 15.8. The van der Waals surface area contributed by atoms with Crippen molar-refractivity contribution in [2.24, 2.45) is 5.92 Å². The monoisotopic (exact) mass is 370 g/mol. The maximum Gasteiger partial charge on any atom is 0.338 e. The SMILES string of the molecule is CCn1nnc2cc(C(=O)OCC(=O)N3CCC[C@H]4CCCC[C@@H]43)ccc21. The first-order valence-corrected chi connectivity index (χ1v) is 9.97. The summed E-state index contributed by atoms with van der Waals surface area (Å²) in [5.41, 5.74) is 1.92. The van der Waals surface area contributed by atoms with Crippen LogP contribution in [0.5, 0.6) is 0 Å². The summed E-state index contributed by atoms with van der Waals surface area (Å²) < 4.78 is 7.09. The Balaban J connectivity index is 1.39. The van der Waals surface area contributed by atoms with Gasteiger partial charge in [-0.1, -0.05) is 18.1 Å². The van der Waals surface area contributed by atoms with Crippen LogP contribution in [0.3, 0.4) is 0 Å². The number of carbonyl (C=O) groups excluding carboxylic acids is 2. The molecule has 144 valence electrons. The molecule has 1 aliphatic carbocycles. The van der Waals surface area contributed by atoms with E-state index in [1.807, 2.05) is 17.9 Å². The predicted octanol–water partition coefficient (Wildman–Crippen LogP) is 2.79. The molecule has 2 atom stereocenters. The fourth-order valence-corrected chi connectivity index (χ4v) is 4.56. The van der Waals surface area contributed by atoms with Crippen molar-refractivity contribution in [3.05, 3.63) is 23.8 Å². The first kappa shape index (κ1) is 17.9. The molecule has 4 rings (SSSR count). The van der Waals surface area contributed by atoms with Crippen LogP contribution in [0.2, 0.25) is 0 Å². The number of aryl methyl sites for hydroxylation is 1. The van der Waals surface area contributed by atoms with E-state index in [1.165, 1.54) is 25.7 Å². The lowest BCUT2D eigenvalue weighted by atomic mass is 9.78. The molecule has 1 amide bonds. The van der Waals surface area contributed by atoms with E-state index in [0.717, 1.165) is 24.9 Å². The van der Waals surface area contributed by atoms with Gasteiger partial charge in [-0.25, -0.2) is 9.48 Å². The van der Waals surface area contributed by atoms with Gasteiger partial charge in [0, 0.05) is 19.1 Å². The smallest absolute Gasteiger partial charge is 0.338 e. The molecule has 2 aromatic rings. The number of piperidine rings is 1. The van der Waals surface area contributed by atoms with Gasteiger partial charge in [-0.3, -0.25) is 4.79 Å².